The summed E-state index contributed by atoms with van der Waals surface area (Å²) in [6.07, 6.45) is 4.35. The summed E-state index contributed by atoms with van der Waals surface area (Å²) in [5.74, 6) is 0.769. The Balaban J connectivity index is 2.18. The smallest absolute Gasteiger partial charge is 0.144 e. The maximum absolute atomic E-state index is 9.02. The summed E-state index contributed by atoms with van der Waals surface area (Å²) in [6.45, 7) is 5.31. The number of benzene rings is 1. The monoisotopic (exact) mass is 278 g/mol. The first-order valence-electron chi connectivity index (χ1n) is 7.56. The molecule has 0 saturated carbocycles. The Labute approximate surface area is 121 Å². The topological polar surface area (TPSA) is 58.7 Å². The number of anilines is 2. The van der Waals surface area contributed by atoms with Gasteiger partial charge in [-0.15, -0.1) is 0 Å². The van der Waals surface area contributed by atoms with Crippen LogP contribution in [0.1, 0.15) is 39.5 Å². The van der Waals surface area contributed by atoms with Gasteiger partial charge >= 0.3 is 0 Å². The van der Waals surface area contributed by atoms with Crippen LogP contribution in [0.4, 0.5) is 11.4 Å². The van der Waals surface area contributed by atoms with Gasteiger partial charge in [0.1, 0.15) is 5.75 Å². The fourth-order valence-corrected chi connectivity index (χ4v) is 2.92. The summed E-state index contributed by atoms with van der Waals surface area (Å²) in [7, 11) is 0. The molecule has 4 nitrogen and oxygen atoms in total. The lowest BCUT2D eigenvalue weighted by Crippen LogP contribution is -2.30. The molecule has 1 atom stereocenters. The van der Waals surface area contributed by atoms with Gasteiger partial charge < -0.3 is 20.5 Å². The van der Waals surface area contributed by atoms with Crippen LogP contribution in [-0.4, -0.2) is 30.4 Å². The van der Waals surface area contributed by atoms with E-state index in [1.54, 1.807) is 0 Å². The average Bonchev–Trinajstić information content (AvgIpc) is 2.86. The number of rotatable bonds is 6. The van der Waals surface area contributed by atoms with Crippen LogP contribution in [0.2, 0.25) is 0 Å². The van der Waals surface area contributed by atoms with Crippen LogP contribution >= 0.6 is 0 Å². The third-order valence-corrected chi connectivity index (χ3v) is 3.79. The summed E-state index contributed by atoms with van der Waals surface area (Å²) in [4.78, 5) is 2.37. The Morgan fingerprint density at radius 1 is 1.45 bits per heavy atom. The van der Waals surface area contributed by atoms with Crippen molar-refractivity contribution in [3.63, 3.8) is 0 Å². The number of nitrogens with zero attached hydrogens (tertiary/aromatic N) is 1. The van der Waals surface area contributed by atoms with Gasteiger partial charge in [0.2, 0.25) is 0 Å². The van der Waals surface area contributed by atoms with Crippen molar-refractivity contribution in [3.8, 4) is 5.75 Å². The highest BCUT2D eigenvalue weighted by molar-refractivity contribution is 5.74. The molecule has 1 saturated heterocycles. The van der Waals surface area contributed by atoms with Gasteiger partial charge in [-0.1, -0.05) is 6.07 Å². The minimum Gasteiger partial charge on any atom is -0.489 e. The molecule has 0 spiro atoms. The number of hydrogen-bond acceptors (Lipinski definition) is 4. The van der Waals surface area contributed by atoms with Crippen molar-refractivity contribution in [2.75, 3.05) is 23.8 Å². The van der Waals surface area contributed by atoms with Crippen LogP contribution in [0.5, 0.6) is 5.75 Å². The predicted octanol–water partition coefficient (Wildman–Crippen LogP) is 2.80. The molecule has 1 fully saturated rings. The molecule has 0 bridgehead atoms. The molecule has 1 unspecified atom stereocenters. The Kier molecular flexibility index (Phi) is 5.12. The number of aliphatic hydroxyl groups is 1. The fraction of sp³-hybridized carbons (Fsp3) is 0.625. The van der Waals surface area contributed by atoms with Crippen molar-refractivity contribution in [1.29, 1.82) is 0 Å². The molecule has 4 heteroatoms. The molecule has 0 radical (unpaired) electrons. The van der Waals surface area contributed by atoms with E-state index in [0.29, 0.717) is 6.04 Å². The predicted molar refractivity (Wildman–Crippen MR) is 83.3 cm³/mol. The zero-order chi connectivity index (χ0) is 14.5. The summed E-state index contributed by atoms with van der Waals surface area (Å²) in [5, 5.41) is 9.02. The Morgan fingerprint density at radius 3 is 2.95 bits per heavy atom. The summed E-state index contributed by atoms with van der Waals surface area (Å²) in [5.41, 5.74) is 8.09. The van der Waals surface area contributed by atoms with E-state index in [1.807, 2.05) is 26.0 Å². The number of hydrogen-bond donors (Lipinski definition) is 2. The maximum atomic E-state index is 9.02. The zero-order valence-corrected chi connectivity index (χ0v) is 12.5. The first-order chi connectivity index (χ1) is 9.63. The molecule has 20 heavy (non-hydrogen) atoms. The molecule has 1 heterocycles. The van der Waals surface area contributed by atoms with E-state index in [0.717, 1.165) is 36.5 Å². The molecule has 3 N–H and O–H groups in total. The van der Waals surface area contributed by atoms with Gasteiger partial charge in [-0.2, -0.15) is 0 Å². The van der Waals surface area contributed by atoms with E-state index in [4.69, 9.17) is 15.6 Å². The van der Waals surface area contributed by atoms with E-state index in [1.165, 1.54) is 12.8 Å². The van der Waals surface area contributed by atoms with Crippen molar-refractivity contribution < 1.29 is 9.84 Å². The molecule has 1 aliphatic heterocycles. The molecular formula is C16H26N2O2. The molecule has 0 amide bonds. The average molecular weight is 278 g/mol. The third kappa shape index (κ3) is 3.37. The summed E-state index contributed by atoms with van der Waals surface area (Å²) in [6, 6.07) is 6.49. The van der Waals surface area contributed by atoms with Crippen molar-refractivity contribution in [2.24, 2.45) is 0 Å². The van der Waals surface area contributed by atoms with Gasteiger partial charge in [-0.3, -0.25) is 0 Å². The molecule has 0 aliphatic carbocycles. The molecule has 2 rings (SSSR count). The third-order valence-electron chi connectivity index (χ3n) is 3.79. The van der Waals surface area contributed by atoms with E-state index in [2.05, 4.69) is 11.0 Å². The Hall–Kier alpha value is -1.42. The number of nitrogens with two attached hydrogens (primary N) is 1. The van der Waals surface area contributed by atoms with E-state index < -0.39 is 0 Å². The first-order valence-corrected chi connectivity index (χ1v) is 7.56. The number of aliphatic hydroxyl groups excluding tert-OH is 1. The lowest BCUT2D eigenvalue weighted by atomic mass is 10.1. The van der Waals surface area contributed by atoms with Crippen molar-refractivity contribution in [2.45, 2.75) is 51.7 Å². The maximum Gasteiger partial charge on any atom is 0.144 e. The Bertz CT molecular complexity index is 434. The minimum atomic E-state index is 0.122. The van der Waals surface area contributed by atoms with Crippen LogP contribution in [0.15, 0.2) is 18.2 Å². The van der Waals surface area contributed by atoms with Gasteiger partial charge in [0.05, 0.1) is 17.5 Å². The number of para-hydroxylation sites is 1. The van der Waals surface area contributed by atoms with Crippen LogP contribution in [0, 0.1) is 0 Å². The standard InChI is InChI=1S/C16H26N2O2/c1-12(2)20-15-9-3-8-14(16(15)17)18-10-4-6-13(18)7-5-11-19/h3,8-9,12-13,19H,4-7,10-11,17H2,1-2H3. The lowest BCUT2D eigenvalue weighted by molar-refractivity contribution is 0.244. The molecule has 1 aromatic rings. The molecular weight excluding hydrogens is 252 g/mol. The molecule has 112 valence electrons. The quantitative estimate of drug-likeness (QED) is 0.786. The van der Waals surface area contributed by atoms with Crippen molar-refractivity contribution >= 4 is 11.4 Å². The molecule has 1 aliphatic rings. The highest BCUT2D eigenvalue weighted by atomic mass is 16.5. The van der Waals surface area contributed by atoms with Crippen LogP contribution in [0.3, 0.4) is 0 Å². The van der Waals surface area contributed by atoms with Crippen LogP contribution in [0.25, 0.3) is 0 Å². The van der Waals surface area contributed by atoms with Gasteiger partial charge in [0, 0.05) is 19.2 Å². The zero-order valence-electron chi connectivity index (χ0n) is 12.5. The van der Waals surface area contributed by atoms with Crippen molar-refractivity contribution in [3.05, 3.63) is 18.2 Å². The van der Waals surface area contributed by atoms with Crippen LogP contribution < -0.4 is 15.4 Å². The van der Waals surface area contributed by atoms with Gasteiger partial charge in [-0.05, 0) is 51.7 Å². The van der Waals surface area contributed by atoms with Gasteiger partial charge in [0.25, 0.3) is 0 Å². The minimum absolute atomic E-state index is 0.122. The van der Waals surface area contributed by atoms with Crippen LogP contribution in [-0.2, 0) is 0 Å². The van der Waals surface area contributed by atoms with Crippen molar-refractivity contribution in [1.82, 2.24) is 0 Å². The van der Waals surface area contributed by atoms with Gasteiger partial charge in [-0.25, -0.2) is 0 Å². The normalized spacial score (nSPS) is 18.8. The second kappa shape index (κ2) is 6.84. The highest BCUT2D eigenvalue weighted by Crippen LogP contribution is 2.37. The number of nitrogen functional groups attached to an aromatic ring is 1. The number of ether oxygens (including phenoxy) is 1. The Morgan fingerprint density at radius 2 is 2.25 bits per heavy atom. The summed E-state index contributed by atoms with van der Waals surface area (Å²) < 4.78 is 5.77. The largest absolute Gasteiger partial charge is 0.489 e. The second-order valence-electron chi connectivity index (χ2n) is 5.71. The van der Waals surface area contributed by atoms with E-state index in [-0.39, 0.29) is 12.7 Å². The lowest BCUT2D eigenvalue weighted by Gasteiger charge is -2.29. The van der Waals surface area contributed by atoms with E-state index in [9.17, 15) is 0 Å². The SMILES string of the molecule is CC(C)Oc1cccc(N2CCCC2CCCO)c1N. The summed E-state index contributed by atoms with van der Waals surface area (Å²) >= 11 is 0. The molecule has 0 aromatic heterocycles. The second-order valence-corrected chi connectivity index (χ2v) is 5.71. The molecule has 1 aromatic carbocycles. The highest BCUT2D eigenvalue weighted by Gasteiger charge is 2.26. The van der Waals surface area contributed by atoms with E-state index >= 15 is 0 Å². The first kappa shape index (κ1) is 15.0. The van der Waals surface area contributed by atoms with Gasteiger partial charge in [0.15, 0.2) is 0 Å². The fourth-order valence-electron chi connectivity index (χ4n) is 2.92.